The first-order valence-corrected chi connectivity index (χ1v) is 3.77. The number of nitrogens with one attached hydrogen (secondary N) is 1. The number of rotatable bonds is 5. The molecule has 0 aromatic heterocycles. The van der Waals surface area contributed by atoms with Crippen LogP contribution < -0.4 is 11.1 Å². The average Bonchev–Trinajstić information content (AvgIpc) is 2.03. The maximum absolute atomic E-state index is 9.18. The molecule has 0 aliphatic rings. The molecular formula is C8H17N3O. The van der Waals surface area contributed by atoms with Gasteiger partial charge in [0.05, 0.1) is 0 Å². The Labute approximate surface area is 73.3 Å². The average molecular weight is 171 g/mol. The van der Waals surface area contributed by atoms with E-state index in [1.807, 2.05) is 0 Å². The normalized spacial score (nSPS) is 14.9. The molecule has 4 nitrogen and oxygen atoms in total. The van der Waals surface area contributed by atoms with Gasteiger partial charge in [-0.2, -0.15) is 5.06 Å². The third-order valence-corrected chi connectivity index (χ3v) is 1.57. The molecule has 0 rings (SSSR count). The van der Waals surface area contributed by atoms with Gasteiger partial charge in [-0.1, -0.05) is 18.7 Å². The second-order valence-electron chi connectivity index (χ2n) is 2.45. The van der Waals surface area contributed by atoms with Gasteiger partial charge in [0.25, 0.3) is 0 Å². The highest BCUT2D eigenvalue weighted by Gasteiger charge is 2.13. The lowest BCUT2D eigenvalue weighted by atomic mass is 10.2. The van der Waals surface area contributed by atoms with Crippen molar-refractivity contribution in [2.24, 2.45) is 5.73 Å². The van der Waals surface area contributed by atoms with Gasteiger partial charge in [0.15, 0.2) is 0 Å². The zero-order valence-corrected chi connectivity index (χ0v) is 7.62. The Hall–Kier alpha value is -0.680. The Bertz CT molecular complexity index is 166. The summed E-state index contributed by atoms with van der Waals surface area (Å²) in [6, 6.07) is 0. The van der Waals surface area contributed by atoms with Crippen molar-refractivity contribution in [1.29, 1.82) is 0 Å². The molecule has 0 radical (unpaired) electrons. The Morgan fingerprint density at radius 1 is 1.83 bits per heavy atom. The highest BCUT2D eigenvalue weighted by atomic mass is 16.5. The summed E-state index contributed by atoms with van der Waals surface area (Å²) in [5.74, 6) is 0. The molecule has 0 heterocycles. The third-order valence-electron chi connectivity index (χ3n) is 1.57. The van der Waals surface area contributed by atoms with Crippen molar-refractivity contribution in [2.75, 3.05) is 20.6 Å². The number of likely N-dealkylation sites (N-methyl/N-ethyl adjacent to an activating group) is 2. The number of hydrogen-bond acceptors (Lipinski definition) is 4. The van der Waals surface area contributed by atoms with E-state index in [4.69, 9.17) is 5.73 Å². The van der Waals surface area contributed by atoms with Gasteiger partial charge < -0.3 is 10.9 Å². The van der Waals surface area contributed by atoms with Crippen molar-refractivity contribution < 1.29 is 5.21 Å². The van der Waals surface area contributed by atoms with Crippen LogP contribution >= 0.6 is 0 Å². The third kappa shape index (κ3) is 3.15. The van der Waals surface area contributed by atoms with Crippen LogP contribution in [-0.4, -0.2) is 37.1 Å². The van der Waals surface area contributed by atoms with Gasteiger partial charge in [-0.05, 0) is 12.6 Å². The minimum absolute atomic E-state index is 0.243. The van der Waals surface area contributed by atoms with Crippen molar-refractivity contribution >= 4 is 0 Å². The van der Waals surface area contributed by atoms with Crippen LogP contribution in [-0.2, 0) is 0 Å². The summed E-state index contributed by atoms with van der Waals surface area (Å²) >= 11 is 0. The summed E-state index contributed by atoms with van der Waals surface area (Å²) < 4.78 is 0. The summed E-state index contributed by atoms with van der Waals surface area (Å²) in [6.07, 6.45) is 3.19. The molecule has 0 fully saturated rings. The topological polar surface area (TPSA) is 61.5 Å². The van der Waals surface area contributed by atoms with E-state index in [2.05, 4.69) is 11.9 Å². The molecule has 0 amide bonds. The molecule has 4 heteroatoms. The lowest BCUT2D eigenvalue weighted by Gasteiger charge is -2.23. The summed E-state index contributed by atoms with van der Waals surface area (Å²) in [4.78, 5) is 0. The van der Waals surface area contributed by atoms with Crippen LogP contribution in [0.2, 0.25) is 0 Å². The van der Waals surface area contributed by atoms with Gasteiger partial charge in [0, 0.05) is 13.6 Å². The summed E-state index contributed by atoms with van der Waals surface area (Å²) in [7, 11) is 3.32. The van der Waals surface area contributed by atoms with Crippen LogP contribution in [0.4, 0.5) is 0 Å². The predicted octanol–water partition coefficient (Wildman–Crippen LogP) is -0.0760. The first-order valence-electron chi connectivity index (χ1n) is 3.77. The van der Waals surface area contributed by atoms with E-state index >= 15 is 0 Å². The van der Waals surface area contributed by atoms with Gasteiger partial charge in [-0.3, -0.25) is 5.32 Å². The van der Waals surface area contributed by atoms with Crippen LogP contribution in [0.5, 0.6) is 0 Å². The predicted molar refractivity (Wildman–Crippen MR) is 49.7 cm³/mol. The van der Waals surface area contributed by atoms with Crippen LogP contribution in [0.1, 0.15) is 0 Å². The summed E-state index contributed by atoms with van der Waals surface area (Å²) in [6.45, 7) is 3.96. The van der Waals surface area contributed by atoms with E-state index < -0.39 is 0 Å². The van der Waals surface area contributed by atoms with Crippen molar-refractivity contribution in [2.45, 2.75) is 6.17 Å². The number of nitrogens with zero attached hydrogens (tertiary/aromatic N) is 1. The zero-order chi connectivity index (χ0) is 9.56. The largest absolute Gasteiger partial charge is 0.327 e. The SMILES string of the molecule is C=C/C=C(/CN)C(NC)N(C)O. The van der Waals surface area contributed by atoms with E-state index in [1.54, 1.807) is 26.2 Å². The van der Waals surface area contributed by atoms with Gasteiger partial charge in [0.2, 0.25) is 0 Å². The molecule has 4 N–H and O–H groups in total. The second kappa shape index (κ2) is 5.91. The molecule has 12 heavy (non-hydrogen) atoms. The molecule has 0 saturated heterocycles. The lowest BCUT2D eigenvalue weighted by molar-refractivity contribution is -0.0985. The molecule has 0 aliphatic heterocycles. The number of hydrogen-bond donors (Lipinski definition) is 3. The van der Waals surface area contributed by atoms with Crippen LogP contribution in [0, 0.1) is 0 Å². The standard InChI is InChI=1S/C8H17N3O/c1-4-5-7(6-9)8(10-2)11(3)12/h4-5,8,10,12H,1,6,9H2,2-3H3/b7-5-. The second-order valence-corrected chi connectivity index (χ2v) is 2.45. The fourth-order valence-corrected chi connectivity index (χ4v) is 1.03. The Kier molecular flexibility index (Phi) is 5.57. The zero-order valence-electron chi connectivity index (χ0n) is 7.62. The van der Waals surface area contributed by atoms with Crippen LogP contribution in [0.15, 0.2) is 24.3 Å². The maximum atomic E-state index is 9.18. The Balaban J connectivity index is 4.43. The summed E-state index contributed by atoms with van der Waals surface area (Å²) in [5.41, 5.74) is 6.37. The van der Waals surface area contributed by atoms with Gasteiger partial charge in [-0.15, -0.1) is 0 Å². The van der Waals surface area contributed by atoms with E-state index in [0.717, 1.165) is 10.6 Å². The van der Waals surface area contributed by atoms with E-state index in [1.165, 1.54) is 0 Å². The van der Waals surface area contributed by atoms with Crippen molar-refractivity contribution in [1.82, 2.24) is 10.4 Å². The van der Waals surface area contributed by atoms with Gasteiger partial charge in [-0.25, -0.2) is 0 Å². The summed E-state index contributed by atoms with van der Waals surface area (Å²) in [5, 5.41) is 13.2. The molecule has 0 bridgehead atoms. The van der Waals surface area contributed by atoms with Gasteiger partial charge >= 0.3 is 0 Å². The quantitative estimate of drug-likeness (QED) is 0.308. The van der Waals surface area contributed by atoms with E-state index in [0.29, 0.717) is 6.54 Å². The minimum Gasteiger partial charge on any atom is -0.327 e. The molecule has 0 aromatic rings. The highest BCUT2D eigenvalue weighted by molar-refractivity contribution is 5.16. The molecule has 70 valence electrons. The van der Waals surface area contributed by atoms with Crippen molar-refractivity contribution in [3.05, 3.63) is 24.3 Å². The molecule has 0 saturated carbocycles. The maximum Gasteiger partial charge on any atom is 0.107 e. The molecule has 1 atom stereocenters. The monoisotopic (exact) mass is 171 g/mol. The molecule has 0 aromatic carbocycles. The molecule has 0 spiro atoms. The van der Waals surface area contributed by atoms with Crippen molar-refractivity contribution in [3.63, 3.8) is 0 Å². The molecular weight excluding hydrogens is 154 g/mol. The fraction of sp³-hybridized carbons (Fsp3) is 0.500. The number of hydroxylamine groups is 2. The molecule has 1 unspecified atom stereocenters. The highest BCUT2D eigenvalue weighted by Crippen LogP contribution is 2.02. The van der Waals surface area contributed by atoms with Gasteiger partial charge in [0.1, 0.15) is 6.17 Å². The van der Waals surface area contributed by atoms with Crippen molar-refractivity contribution in [3.8, 4) is 0 Å². The number of allylic oxidation sites excluding steroid dienone is 2. The minimum atomic E-state index is -0.243. The first kappa shape index (κ1) is 11.3. The number of nitrogens with two attached hydrogens (primary N) is 1. The first-order chi connectivity index (χ1) is 5.67. The lowest BCUT2D eigenvalue weighted by Crippen LogP contribution is -2.43. The molecule has 0 aliphatic carbocycles. The Morgan fingerprint density at radius 2 is 2.42 bits per heavy atom. The van der Waals surface area contributed by atoms with Crippen LogP contribution in [0.3, 0.4) is 0 Å². The van der Waals surface area contributed by atoms with E-state index in [9.17, 15) is 5.21 Å². The fourth-order valence-electron chi connectivity index (χ4n) is 1.03. The van der Waals surface area contributed by atoms with E-state index in [-0.39, 0.29) is 6.17 Å². The smallest absolute Gasteiger partial charge is 0.107 e. The Morgan fingerprint density at radius 3 is 2.67 bits per heavy atom. The van der Waals surface area contributed by atoms with Crippen LogP contribution in [0.25, 0.3) is 0 Å².